The Morgan fingerprint density at radius 1 is 1.22 bits per heavy atom. The molecule has 4 rings (SSSR count). The molecule has 2 atom stereocenters. The number of amides is 3. The normalized spacial score (nSPS) is 26.2. The molecule has 0 saturated carbocycles. The Bertz CT molecular complexity index is 744. The maximum atomic E-state index is 12.2. The van der Waals surface area contributed by atoms with Gasteiger partial charge in [0.05, 0.1) is 0 Å². The number of benzene rings is 1. The standard InChI is InChI=1S/C16H19N5O2/c1-9-4-5-11(10(2)8-9)20-6-7-21-12-13(17-15(20)21)19(3)16(23)18-14(12)22/h4-5,8,12-13H,6-7H2,1-3H3,(H,18,22,23). The zero-order chi connectivity index (χ0) is 16.3. The van der Waals surface area contributed by atoms with Gasteiger partial charge in [-0.15, -0.1) is 0 Å². The topological polar surface area (TPSA) is 68.2 Å². The van der Waals surface area contributed by atoms with E-state index >= 15 is 0 Å². The molecule has 0 spiro atoms. The number of anilines is 1. The van der Waals surface area contributed by atoms with Crippen LogP contribution in [0.25, 0.3) is 0 Å². The molecule has 3 aliphatic rings. The molecule has 0 aromatic heterocycles. The van der Waals surface area contributed by atoms with Crippen LogP contribution in [0.15, 0.2) is 23.2 Å². The highest BCUT2D eigenvalue weighted by Crippen LogP contribution is 2.32. The highest BCUT2D eigenvalue weighted by molar-refractivity contribution is 6.08. The first-order valence-electron chi connectivity index (χ1n) is 7.74. The van der Waals surface area contributed by atoms with Crippen molar-refractivity contribution >= 4 is 23.6 Å². The van der Waals surface area contributed by atoms with Gasteiger partial charge in [0.25, 0.3) is 5.91 Å². The third-order valence-corrected chi connectivity index (χ3v) is 4.79. The third kappa shape index (κ3) is 1.92. The van der Waals surface area contributed by atoms with E-state index in [2.05, 4.69) is 47.3 Å². The van der Waals surface area contributed by atoms with E-state index in [1.165, 1.54) is 16.0 Å². The fraction of sp³-hybridized carbons (Fsp3) is 0.438. The molecule has 0 radical (unpaired) electrons. The summed E-state index contributed by atoms with van der Waals surface area (Å²) >= 11 is 0. The molecule has 23 heavy (non-hydrogen) atoms. The molecule has 2 fully saturated rings. The second-order valence-electron chi connectivity index (χ2n) is 6.33. The van der Waals surface area contributed by atoms with Gasteiger partial charge in [0.15, 0.2) is 12.2 Å². The zero-order valence-corrected chi connectivity index (χ0v) is 13.4. The predicted molar refractivity (Wildman–Crippen MR) is 86.3 cm³/mol. The van der Waals surface area contributed by atoms with Crippen LogP contribution in [0.4, 0.5) is 10.5 Å². The van der Waals surface area contributed by atoms with E-state index in [1.807, 2.05) is 4.90 Å². The first-order chi connectivity index (χ1) is 11.0. The van der Waals surface area contributed by atoms with Crippen LogP contribution in [-0.2, 0) is 4.79 Å². The van der Waals surface area contributed by atoms with Crippen molar-refractivity contribution in [3.63, 3.8) is 0 Å². The van der Waals surface area contributed by atoms with Crippen molar-refractivity contribution in [2.24, 2.45) is 4.99 Å². The van der Waals surface area contributed by atoms with Gasteiger partial charge in [-0.3, -0.25) is 10.1 Å². The molecule has 0 aliphatic carbocycles. The Labute approximate surface area is 134 Å². The van der Waals surface area contributed by atoms with E-state index < -0.39 is 12.2 Å². The number of carbonyl (C=O) groups excluding carboxylic acids is 2. The second kappa shape index (κ2) is 4.71. The van der Waals surface area contributed by atoms with E-state index in [9.17, 15) is 9.59 Å². The molecule has 1 aromatic rings. The van der Waals surface area contributed by atoms with Crippen molar-refractivity contribution in [1.82, 2.24) is 15.1 Å². The number of imide groups is 1. The average molecular weight is 313 g/mol. The molecule has 7 nitrogen and oxygen atoms in total. The van der Waals surface area contributed by atoms with Crippen molar-refractivity contribution in [2.75, 3.05) is 25.0 Å². The van der Waals surface area contributed by atoms with Crippen LogP contribution >= 0.6 is 0 Å². The summed E-state index contributed by atoms with van der Waals surface area (Å²) < 4.78 is 0. The molecule has 3 heterocycles. The summed E-state index contributed by atoms with van der Waals surface area (Å²) in [5.74, 6) is 0.517. The molecule has 2 unspecified atom stereocenters. The minimum atomic E-state index is -0.445. The van der Waals surface area contributed by atoms with Gasteiger partial charge < -0.3 is 14.7 Å². The van der Waals surface area contributed by atoms with Crippen molar-refractivity contribution in [2.45, 2.75) is 26.1 Å². The lowest BCUT2D eigenvalue weighted by Gasteiger charge is -2.34. The molecule has 3 aliphatic heterocycles. The number of aliphatic imine (C=N–C) groups is 1. The fourth-order valence-corrected chi connectivity index (χ4v) is 3.62. The van der Waals surface area contributed by atoms with Crippen LogP contribution in [0.5, 0.6) is 0 Å². The molecule has 2 saturated heterocycles. The number of aryl methyl sites for hydroxylation is 2. The van der Waals surface area contributed by atoms with Crippen molar-refractivity contribution < 1.29 is 9.59 Å². The minimum Gasteiger partial charge on any atom is -0.325 e. The van der Waals surface area contributed by atoms with E-state index in [4.69, 9.17) is 0 Å². The van der Waals surface area contributed by atoms with Gasteiger partial charge in [0, 0.05) is 25.8 Å². The lowest BCUT2D eigenvalue weighted by molar-refractivity contribution is -0.126. The number of nitrogens with one attached hydrogen (secondary N) is 1. The average Bonchev–Trinajstić information content (AvgIpc) is 3.04. The van der Waals surface area contributed by atoms with Gasteiger partial charge in [0.1, 0.15) is 0 Å². The minimum absolute atomic E-state index is 0.265. The van der Waals surface area contributed by atoms with E-state index in [0.29, 0.717) is 0 Å². The van der Waals surface area contributed by atoms with Gasteiger partial charge in [-0.1, -0.05) is 17.7 Å². The maximum absolute atomic E-state index is 12.2. The number of nitrogens with zero attached hydrogens (tertiary/aromatic N) is 4. The quantitative estimate of drug-likeness (QED) is 0.827. The van der Waals surface area contributed by atoms with Gasteiger partial charge in [-0.2, -0.15) is 0 Å². The Hall–Kier alpha value is -2.57. The number of fused-ring (bicyclic) bond motifs is 3. The number of hydrogen-bond donors (Lipinski definition) is 1. The van der Waals surface area contributed by atoms with Gasteiger partial charge in [-0.05, 0) is 25.5 Å². The molecule has 7 heteroatoms. The Kier molecular flexibility index (Phi) is 2.88. The van der Waals surface area contributed by atoms with Crippen LogP contribution in [0, 0.1) is 13.8 Å². The van der Waals surface area contributed by atoms with Gasteiger partial charge >= 0.3 is 6.03 Å². The molecule has 1 N–H and O–H groups in total. The van der Waals surface area contributed by atoms with Crippen LogP contribution in [0.1, 0.15) is 11.1 Å². The monoisotopic (exact) mass is 313 g/mol. The number of rotatable bonds is 1. The number of guanidine groups is 1. The first kappa shape index (κ1) is 14.0. The zero-order valence-electron chi connectivity index (χ0n) is 13.4. The number of carbonyl (C=O) groups is 2. The SMILES string of the molecule is Cc1ccc(N2CCN3C2=NC2C3C(=O)NC(=O)N2C)c(C)c1. The largest absolute Gasteiger partial charge is 0.325 e. The predicted octanol–water partition coefficient (Wildman–Crippen LogP) is 0.671. The number of hydrogen-bond acceptors (Lipinski definition) is 5. The molecule has 0 bridgehead atoms. The summed E-state index contributed by atoms with van der Waals surface area (Å²) in [5, 5.41) is 2.40. The lowest BCUT2D eigenvalue weighted by Crippen LogP contribution is -2.63. The highest BCUT2D eigenvalue weighted by atomic mass is 16.2. The van der Waals surface area contributed by atoms with Crippen LogP contribution in [-0.4, -0.2) is 60.0 Å². The van der Waals surface area contributed by atoms with Crippen LogP contribution < -0.4 is 10.2 Å². The van der Waals surface area contributed by atoms with Crippen molar-refractivity contribution in [3.05, 3.63) is 29.3 Å². The summed E-state index contributed by atoms with van der Waals surface area (Å²) in [4.78, 5) is 34.4. The van der Waals surface area contributed by atoms with Crippen molar-refractivity contribution in [1.29, 1.82) is 0 Å². The lowest BCUT2D eigenvalue weighted by atomic mass is 10.1. The van der Waals surface area contributed by atoms with E-state index in [-0.39, 0.29) is 11.9 Å². The van der Waals surface area contributed by atoms with Gasteiger partial charge in [-0.25, -0.2) is 9.79 Å². The van der Waals surface area contributed by atoms with Crippen LogP contribution in [0.3, 0.4) is 0 Å². The number of urea groups is 1. The third-order valence-electron chi connectivity index (χ3n) is 4.79. The summed E-state index contributed by atoms with van der Waals surface area (Å²) in [6.45, 7) is 5.66. The molecule has 1 aromatic carbocycles. The first-order valence-corrected chi connectivity index (χ1v) is 7.74. The Morgan fingerprint density at radius 2 is 2.00 bits per heavy atom. The maximum Gasteiger partial charge on any atom is 0.325 e. The van der Waals surface area contributed by atoms with E-state index in [1.54, 1.807) is 7.05 Å². The molecule has 120 valence electrons. The summed E-state index contributed by atoms with van der Waals surface area (Å²) in [5.41, 5.74) is 3.50. The summed E-state index contributed by atoms with van der Waals surface area (Å²) in [7, 11) is 1.67. The highest BCUT2D eigenvalue weighted by Gasteiger charge is 2.51. The van der Waals surface area contributed by atoms with Gasteiger partial charge in [0.2, 0.25) is 5.96 Å². The number of likely N-dealkylation sites (N-methyl/N-ethyl adjacent to an activating group) is 1. The molecular weight excluding hydrogens is 294 g/mol. The van der Waals surface area contributed by atoms with Crippen LogP contribution in [0.2, 0.25) is 0 Å². The fourth-order valence-electron chi connectivity index (χ4n) is 3.62. The summed E-state index contributed by atoms with van der Waals surface area (Å²) in [6.07, 6.45) is -0.445. The summed E-state index contributed by atoms with van der Waals surface area (Å²) in [6, 6.07) is 5.50. The Balaban J connectivity index is 1.72. The smallest absolute Gasteiger partial charge is 0.325 e. The molecule has 3 amide bonds. The molecular formula is C16H19N5O2. The van der Waals surface area contributed by atoms with E-state index in [0.717, 1.165) is 24.7 Å². The Morgan fingerprint density at radius 3 is 2.74 bits per heavy atom. The van der Waals surface area contributed by atoms with Crippen molar-refractivity contribution in [3.8, 4) is 0 Å². The second-order valence-corrected chi connectivity index (χ2v) is 6.33.